The van der Waals surface area contributed by atoms with Gasteiger partial charge in [0.2, 0.25) is 0 Å². The lowest BCUT2D eigenvalue weighted by atomic mass is 10.3. The number of para-hydroxylation sites is 1. The second-order valence-corrected chi connectivity index (χ2v) is 4.40. The summed E-state index contributed by atoms with van der Waals surface area (Å²) in [7, 11) is 0. The number of alkyl halides is 1. The second-order valence-electron chi connectivity index (χ2n) is 3.27. The number of aromatic nitrogens is 2. The molecule has 4 heteroatoms. The first-order valence-corrected chi connectivity index (χ1v) is 5.91. The van der Waals surface area contributed by atoms with Crippen LogP contribution in [0.5, 0.6) is 0 Å². The highest BCUT2D eigenvalue weighted by atomic mass is 79.9. The molecule has 0 saturated heterocycles. The summed E-state index contributed by atoms with van der Waals surface area (Å²) < 4.78 is 2.92. The number of hydrogen-bond acceptors (Lipinski definition) is 1. The van der Waals surface area contributed by atoms with Crippen LogP contribution in [0.15, 0.2) is 34.8 Å². The summed E-state index contributed by atoms with van der Waals surface area (Å²) in [5, 5.41) is 4.41. The van der Waals surface area contributed by atoms with Crippen molar-refractivity contribution in [2.75, 3.05) is 0 Å². The van der Waals surface area contributed by atoms with Gasteiger partial charge in [-0.2, -0.15) is 5.10 Å². The van der Waals surface area contributed by atoms with E-state index < -0.39 is 0 Å². The lowest BCUT2D eigenvalue weighted by Crippen LogP contribution is -1.99. The Morgan fingerprint density at radius 2 is 2.13 bits per heavy atom. The van der Waals surface area contributed by atoms with Crippen molar-refractivity contribution in [2.24, 2.45) is 0 Å². The van der Waals surface area contributed by atoms with E-state index in [1.54, 1.807) is 0 Å². The monoisotopic (exact) mass is 284 g/mol. The minimum Gasteiger partial charge on any atom is -0.237 e. The van der Waals surface area contributed by atoms with E-state index in [4.69, 9.17) is 11.6 Å². The highest BCUT2D eigenvalue weighted by Gasteiger charge is 2.07. The molecule has 0 aliphatic heterocycles. The molecule has 0 N–H and O–H groups in total. The molecule has 1 aromatic heterocycles. The molecule has 78 valence electrons. The zero-order valence-electron chi connectivity index (χ0n) is 8.24. The molecule has 0 spiro atoms. The van der Waals surface area contributed by atoms with Crippen molar-refractivity contribution >= 4 is 27.5 Å². The molecule has 1 aromatic carbocycles. The highest BCUT2D eigenvalue weighted by Crippen LogP contribution is 2.21. The van der Waals surface area contributed by atoms with Gasteiger partial charge in [0.05, 0.1) is 17.3 Å². The van der Waals surface area contributed by atoms with Gasteiger partial charge in [0.25, 0.3) is 0 Å². The Morgan fingerprint density at radius 1 is 1.40 bits per heavy atom. The van der Waals surface area contributed by atoms with Crippen molar-refractivity contribution < 1.29 is 0 Å². The standard InChI is InChI=1S/C11H10BrClN2/c1-8-6-9(7-13)14-15(8)11-5-3-2-4-10(11)12/h2-6H,7H2,1H3. The quantitative estimate of drug-likeness (QED) is 0.770. The van der Waals surface area contributed by atoms with Crippen LogP contribution in [0.1, 0.15) is 11.4 Å². The molecule has 2 rings (SSSR count). The summed E-state index contributed by atoms with van der Waals surface area (Å²) in [6.45, 7) is 2.02. The number of aryl methyl sites for hydroxylation is 1. The summed E-state index contributed by atoms with van der Waals surface area (Å²) in [5.41, 5.74) is 3.01. The van der Waals surface area contributed by atoms with Crippen LogP contribution in [0.25, 0.3) is 5.69 Å². The molecule has 0 aliphatic carbocycles. The van der Waals surface area contributed by atoms with Crippen LogP contribution in [0.3, 0.4) is 0 Å². The largest absolute Gasteiger partial charge is 0.237 e. The zero-order valence-corrected chi connectivity index (χ0v) is 10.6. The molecule has 0 atom stereocenters. The first kappa shape index (κ1) is 10.7. The summed E-state index contributed by atoms with van der Waals surface area (Å²) in [6, 6.07) is 9.97. The number of hydrogen-bond donors (Lipinski definition) is 0. The predicted octanol–water partition coefficient (Wildman–Crippen LogP) is 3.68. The first-order chi connectivity index (χ1) is 7.22. The fourth-order valence-electron chi connectivity index (χ4n) is 1.47. The number of benzene rings is 1. The predicted molar refractivity (Wildman–Crippen MR) is 65.6 cm³/mol. The SMILES string of the molecule is Cc1cc(CCl)nn1-c1ccccc1Br. The van der Waals surface area contributed by atoms with Gasteiger partial charge in [0.1, 0.15) is 0 Å². The van der Waals surface area contributed by atoms with E-state index in [-0.39, 0.29) is 0 Å². The van der Waals surface area contributed by atoms with Gasteiger partial charge < -0.3 is 0 Å². The molecule has 1 heterocycles. The van der Waals surface area contributed by atoms with Crippen LogP contribution in [0.4, 0.5) is 0 Å². The molecule has 15 heavy (non-hydrogen) atoms. The van der Waals surface area contributed by atoms with Gasteiger partial charge in [-0.3, -0.25) is 0 Å². The lowest BCUT2D eigenvalue weighted by molar-refractivity contribution is 0.827. The summed E-state index contributed by atoms with van der Waals surface area (Å²) in [5.74, 6) is 0.443. The molecule has 2 aromatic rings. The van der Waals surface area contributed by atoms with Crippen molar-refractivity contribution in [1.29, 1.82) is 0 Å². The van der Waals surface area contributed by atoms with Crippen LogP contribution in [-0.4, -0.2) is 9.78 Å². The van der Waals surface area contributed by atoms with Crippen LogP contribution in [-0.2, 0) is 5.88 Å². The minimum atomic E-state index is 0.443. The van der Waals surface area contributed by atoms with E-state index >= 15 is 0 Å². The average molecular weight is 286 g/mol. The molecule has 2 nitrogen and oxygen atoms in total. The van der Waals surface area contributed by atoms with E-state index in [0.717, 1.165) is 21.5 Å². The molecule has 0 fully saturated rings. The molecule has 0 unspecified atom stereocenters. The topological polar surface area (TPSA) is 17.8 Å². The number of nitrogens with zero attached hydrogens (tertiary/aromatic N) is 2. The summed E-state index contributed by atoms with van der Waals surface area (Å²) in [6.07, 6.45) is 0. The third kappa shape index (κ3) is 2.08. The highest BCUT2D eigenvalue weighted by molar-refractivity contribution is 9.10. The Bertz CT molecular complexity index is 479. The van der Waals surface area contributed by atoms with Crippen LogP contribution in [0, 0.1) is 6.92 Å². The fraction of sp³-hybridized carbons (Fsp3) is 0.182. The number of halogens is 2. The van der Waals surface area contributed by atoms with Gasteiger partial charge in [-0.1, -0.05) is 12.1 Å². The zero-order chi connectivity index (χ0) is 10.8. The fourth-order valence-corrected chi connectivity index (χ4v) is 2.05. The van der Waals surface area contributed by atoms with Crippen molar-refractivity contribution in [3.63, 3.8) is 0 Å². The van der Waals surface area contributed by atoms with Gasteiger partial charge in [0.15, 0.2) is 0 Å². The van der Waals surface area contributed by atoms with E-state index in [2.05, 4.69) is 21.0 Å². The van der Waals surface area contributed by atoms with Gasteiger partial charge in [0, 0.05) is 10.2 Å². The van der Waals surface area contributed by atoms with E-state index in [0.29, 0.717) is 5.88 Å². The Labute approximate surface area is 102 Å². The molecule has 0 aliphatic rings. The van der Waals surface area contributed by atoms with Crippen molar-refractivity contribution in [2.45, 2.75) is 12.8 Å². The van der Waals surface area contributed by atoms with Gasteiger partial charge in [-0.25, -0.2) is 4.68 Å². The van der Waals surface area contributed by atoms with Gasteiger partial charge >= 0.3 is 0 Å². The van der Waals surface area contributed by atoms with E-state index in [1.165, 1.54) is 0 Å². The maximum atomic E-state index is 5.75. The Balaban J connectivity index is 2.54. The average Bonchev–Trinajstić information content (AvgIpc) is 2.60. The normalized spacial score (nSPS) is 10.6. The molecule has 0 saturated carbocycles. The Hall–Kier alpha value is -0.800. The first-order valence-electron chi connectivity index (χ1n) is 4.59. The Morgan fingerprint density at radius 3 is 2.73 bits per heavy atom. The van der Waals surface area contributed by atoms with Gasteiger partial charge in [-0.15, -0.1) is 11.6 Å². The second kappa shape index (κ2) is 4.37. The van der Waals surface area contributed by atoms with Crippen molar-refractivity contribution in [3.05, 3.63) is 46.2 Å². The van der Waals surface area contributed by atoms with Crippen LogP contribution < -0.4 is 0 Å². The molecule has 0 bridgehead atoms. The molecular weight excluding hydrogens is 275 g/mol. The maximum absolute atomic E-state index is 5.75. The van der Waals surface area contributed by atoms with Crippen LogP contribution >= 0.6 is 27.5 Å². The maximum Gasteiger partial charge on any atom is 0.0790 e. The van der Waals surface area contributed by atoms with E-state index in [9.17, 15) is 0 Å². The third-order valence-corrected chi connectivity index (χ3v) is 3.10. The smallest absolute Gasteiger partial charge is 0.0790 e. The van der Waals surface area contributed by atoms with Crippen molar-refractivity contribution in [1.82, 2.24) is 9.78 Å². The summed E-state index contributed by atoms with van der Waals surface area (Å²) >= 11 is 9.26. The van der Waals surface area contributed by atoms with Crippen molar-refractivity contribution in [3.8, 4) is 5.69 Å². The van der Waals surface area contributed by atoms with Gasteiger partial charge in [-0.05, 0) is 41.1 Å². The third-order valence-electron chi connectivity index (χ3n) is 2.16. The summed E-state index contributed by atoms with van der Waals surface area (Å²) in [4.78, 5) is 0. The van der Waals surface area contributed by atoms with E-state index in [1.807, 2.05) is 41.9 Å². The Kier molecular flexibility index (Phi) is 3.12. The molecule has 0 amide bonds. The molecular formula is C11H10BrClN2. The lowest BCUT2D eigenvalue weighted by Gasteiger charge is -2.05. The molecule has 0 radical (unpaired) electrons. The number of rotatable bonds is 2. The minimum absolute atomic E-state index is 0.443. The van der Waals surface area contributed by atoms with Crippen LogP contribution in [0.2, 0.25) is 0 Å².